The van der Waals surface area contributed by atoms with Crippen molar-refractivity contribution in [2.24, 2.45) is 5.92 Å². The number of aromatic nitrogens is 1. The van der Waals surface area contributed by atoms with Gasteiger partial charge in [-0.25, -0.2) is 4.98 Å². The van der Waals surface area contributed by atoms with Gasteiger partial charge in [0.15, 0.2) is 0 Å². The highest BCUT2D eigenvalue weighted by atomic mass is 16.5. The molecule has 3 aliphatic rings. The molecule has 1 aliphatic carbocycles. The standard InChI is InChI=1S/C27H40N4O5/c1-19-15-31(20(2)18-32)27(34)23-13-22(21-7-5-4-6-8-21)14-28-26(23)36-24(19)16-29(3)25(33)17-30-9-11-35-12-10-30/h7,13-14,19-20,24,32H,4-6,8-12,15-18H2,1-3H3/t19-,20+,24+/m1/s1. The topological polar surface area (TPSA) is 95.4 Å². The van der Waals surface area contributed by atoms with Crippen LogP contribution in [0.15, 0.2) is 18.3 Å². The summed E-state index contributed by atoms with van der Waals surface area (Å²) < 4.78 is 11.7. The number of allylic oxidation sites excluding steroid dienone is 2. The quantitative estimate of drug-likeness (QED) is 0.612. The highest BCUT2D eigenvalue weighted by Crippen LogP contribution is 2.32. The van der Waals surface area contributed by atoms with Gasteiger partial charge in [0.05, 0.1) is 39.0 Å². The van der Waals surface area contributed by atoms with Gasteiger partial charge in [-0.05, 0) is 49.8 Å². The number of morpholine rings is 1. The molecule has 1 aromatic rings. The number of hydrogen-bond acceptors (Lipinski definition) is 7. The molecule has 36 heavy (non-hydrogen) atoms. The van der Waals surface area contributed by atoms with E-state index in [1.54, 1.807) is 23.0 Å². The largest absolute Gasteiger partial charge is 0.472 e. The maximum atomic E-state index is 13.6. The zero-order valence-electron chi connectivity index (χ0n) is 21.8. The monoisotopic (exact) mass is 500 g/mol. The summed E-state index contributed by atoms with van der Waals surface area (Å²) in [7, 11) is 1.80. The van der Waals surface area contributed by atoms with Crippen LogP contribution in [-0.2, 0) is 9.53 Å². The number of carbonyl (C=O) groups excluding carboxylic acids is 2. The summed E-state index contributed by atoms with van der Waals surface area (Å²) in [4.78, 5) is 36.7. The number of rotatable bonds is 7. The van der Waals surface area contributed by atoms with Crippen LogP contribution in [0.1, 0.15) is 55.5 Å². The van der Waals surface area contributed by atoms with Crippen molar-refractivity contribution in [3.05, 3.63) is 29.5 Å². The summed E-state index contributed by atoms with van der Waals surface area (Å²) in [5, 5.41) is 9.88. The Hall–Kier alpha value is -2.49. The predicted molar refractivity (Wildman–Crippen MR) is 137 cm³/mol. The SMILES string of the molecule is C[C@@H]1CN([C@@H](C)CO)C(=O)c2cc(C3=CCCCC3)cnc2O[C@H]1CN(C)C(=O)CN1CCOCC1. The number of likely N-dealkylation sites (N-methyl/N-ethyl adjacent to an activating group) is 1. The molecule has 0 saturated carbocycles. The van der Waals surface area contributed by atoms with Crippen molar-refractivity contribution in [1.82, 2.24) is 19.7 Å². The summed E-state index contributed by atoms with van der Waals surface area (Å²) in [5.74, 6) is 0.0664. The molecule has 1 aromatic heterocycles. The van der Waals surface area contributed by atoms with Crippen molar-refractivity contribution < 1.29 is 24.2 Å². The molecule has 1 saturated heterocycles. The first-order chi connectivity index (χ1) is 17.4. The van der Waals surface area contributed by atoms with E-state index in [2.05, 4.69) is 16.0 Å². The van der Waals surface area contributed by atoms with Crippen molar-refractivity contribution in [2.45, 2.75) is 51.7 Å². The molecule has 2 amide bonds. The van der Waals surface area contributed by atoms with Gasteiger partial charge >= 0.3 is 0 Å². The summed E-state index contributed by atoms with van der Waals surface area (Å²) in [5.41, 5.74) is 2.58. The Morgan fingerprint density at radius 3 is 2.78 bits per heavy atom. The molecule has 1 N–H and O–H groups in total. The molecule has 9 heteroatoms. The van der Waals surface area contributed by atoms with Crippen LogP contribution in [0.4, 0.5) is 0 Å². The number of hydrogen-bond donors (Lipinski definition) is 1. The number of pyridine rings is 1. The highest BCUT2D eigenvalue weighted by molar-refractivity contribution is 5.97. The van der Waals surface area contributed by atoms with Crippen LogP contribution in [0, 0.1) is 5.92 Å². The van der Waals surface area contributed by atoms with E-state index < -0.39 is 0 Å². The Morgan fingerprint density at radius 2 is 2.08 bits per heavy atom. The van der Waals surface area contributed by atoms with Crippen LogP contribution in [0.2, 0.25) is 0 Å². The summed E-state index contributed by atoms with van der Waals surface area (Å²) in [6, 6.07) is 1.55. The van der Waals surface area contributed by atoms with Gasteiger partial charge in [0.2, 0.25) is 11.8 Å². The fourth-order valence-electron chi connectivity index (χ4n) is 5.04. The predicted octanol–water partition coefficient (Wildman–Crippen LogP) is 2.05. The van der Waals surface area contributed by atoms with E-state index in [-0.39, 0.29) is 36.5 Å². The molecule has 3 atom stereocenters. The van der Waals surface area contributed by atoms with Crippen molar-refractivity contribution in [2.75, 3.05) is 59.6 Å². The molecule has 0 unspecified atom stereocenters. The van der Waals surface area contributed by atoms with Gasteiger partial charge in [-0.1, -0.05) is 13.0 Å². The lowest BCUT2D eigenvalue weighted by molar-refractivity contribution is -0.133. The van der Waals surface area contributed by atoms with E-state index in [9.17, 15) is 14.7 Å². The second-order valence-electron chi connectivity index (χ2n) is 10.3. The summed E-state index contributed by atoms with van der Waals surface area (Å²) >= 11 is 0. The first kappa shape index (κ1) is 26.6. The molecule has 4 rings (SSSR count). The number of nitrogens with zero attached hydrogens (tertiary/aromatic N) is 4. The molecule has 9 nitrogen and oxygen atoms in total. The fourth-order valence-corrected chi connectivity index (χ4v) is 5.04. The van der Waals surface area contributed by atoms with E-state index in [1.165, 1.54) is 12.0 Å². The summed E-state index contributed by atoms with van der Waals surface area (Å²) in [6.45, 7) is 7.68. The zero-order valence-corrected chi connectivity index (χ0v) is 21.8. The molecular formula is C27H40N4O5. The third-order valence-corrected chi connectivity index (χ3v) is 7.52. The van der Waals surface area contributed by atoms with Crippen molar-refractivity contribution in [1.29, 1.82) is 0 Å². The van der Waals surface area contributed by atoms with E-state index in [4.69, 9.17) is 9.47 Å². The van der Waals surface area contributed by atoms with E-state index >= 15 is 0 Å². The minimum Gasteiger partial charge on any atom is -0.472 e. The minimum absolute atomic E-state index is 0.0270. The number of ether oxygens (including phenoxy) is 2. The number of carbonyl (C=O) groups is 2. The molecule has 0 spiro atoms. The Balaban J connectivity index is 1.57. The van der Waals surface area contributed by atoms with Gasteiger partial charge in [0.1, 0.15) is 11.7 Å². The lowest BCUT2D eigenvalue weighted by Crippen LogP contribution is -2.51. The average molecular weight is 501 g/mol. The fraction of sp³-hybridized carbons (Fsp3) is 0.667. The molecule has 1 fully saturated rings. The first-order valence-corrected chi connectivity index (χ1v) is 13.2. The van der Waals surface area contributed by atoms with Crippen LogP contribution >= 0.6 is 0 Å². The Kier molecular flexibility index (Phi) is 8.98. The van der Waals surface area contributed by atoms with Gasteiger partial charge in [-0.3, -0.25) is 14.5 Å². The third-order valence-electron chi connectivity index (χ3n) is 7.52. The lowest BCUT2D eigenvalue weighted by atomic mass is 9.93. The second kappa shape index (κ2) is 12.2. The molecule has 0 bridgehead atoms. The van der Waals surface area contributed by atoms with Crippen molar-refractivity contribution >= 4 is 17.4 Å². The Labute approximate surface area is 214 Å². The minimum atomic E-state index is -0.351. The zero-order chi connectivity index (χ0) is 25.7. The number of aliphatic hydroxyl groups excluding tert-OH is 1. The van der Waals surface area contributed by atoms with Crippen LogP contribution < -0.4 is 4.74 Å². The summed E-state index contributed by atoms with van der Waals surface area (Å²) in [6.07, 6.45) is 8.00. The second-order valence-corrected chi connectivity index (χ2v) is 10.3. The molecule has 2 aliphatic heterocycles. The molecular weight excluding hydrogens is 460 g/mol. The van der Waals surface area contributed by atoms with Gasteiger partial charge < -0.3 is 24.4 Å². The molecule has 3 heterocycles. The molecule has 0 radical (unpaired) electrons. The van der Waals surface area contributed by atoms with Gasteiger partial charge in [-0.15, -0.1) is 0 Å². The van der Waals surface area contributed by atoms with Gasteiger partial charge in [-0.2, -0.15) is 0 Å². The highest BCUT2D eigenvalue weighted by Gasteiger charge is 2.35. The van der Waals surface area contributed by atoms with E-state index in [0.717, 1.165) is 37.9 Å². The maximum absolute atomic E-state index is 13.6. The first-order valence-electron chi connectivity index (χ1n) is 13.2. The molecule has 198 valence electrons. The van der Waals surface area contributed by atoms with Crippen LogP contribution in [0.5, 0.6) is 5.88 Å². The number of amides is 2. The average Bonchev–Trinajstić information content (AvgIpc) is 2.91. The smallest absolute Gasteiger partial charge is 0.259 e. The van der Waals surface area contributed by atoms with Gasteiger partial charge in [0, 0.05) is 38.8 Å². The maximum Gasteiger partial charge on any atom is 0.259 e. The van der Waals surface area contributed by atoms with Crippen molar-refractivity contribution in [3.63, 3.8) is 0 Å². The molecule has 0 aromatic carbocycles. The Morgan fingerprint density at radius 1 is 1.31 bits per heavy atom. The van der Waals surface area contributed by atoms with Crippen LogP contribution in [0.25, 0.3) is 5.57 Å². The van der Waals surface area contributed by atoms with E-state index in [1.807, 2.05) is 19.9 Å². The van der Waals surface area contributed by atoms with Crippen LogP contribution in [-0.4, -0.2) is 108 Å². The van der Waals surface area contributed by atoms with E-state index in [0.29, 0.717) is 44.3 Å². The third kappa shape index (κ3) is 6.25. The van der Waals surface area contributed by atoms with Crippen molar-refractivity contribution in [3.8, 4) is 5.88 Å². The normalized spacial score (nSPS) is 24.2. The Bertz CT molecular complexity index is 961. The van der Waals surface area contributed by atoms with Gasteiger partial charge in [0.25, 0.3) is 5.91 Å². The number of fused-ring (bicyclic) bond motifs is 1. The lowest BCUT2D eigenvalue weighted by Gasteiger charge is -2.38. The number of aliphatic hydroxyl groups is 1. The van der Waals surface area contributed by atoms with Crippen LogP contribution in [0.3, 0.4) is 0 Å².